The maximum atomic E-state index is 6.36. The molecule has 1 aromatic rings. The Hall–Kier alpha value is -0.900. The Balaban J connectivity index is 2.21. The molecule has 4 nitrogen and oxygen atoms in total. The topological polar surface area (TPSA) is 56.7 Å². The molecule has 1 aliphatic rings. The van der Waals surface area contributed by atoms with E-state index in [0.717, 1.165) is 24.6 Å². The first-order chi connectivity index (χ1) is 6.62. The Morgan fingerprint density at radius 2 is 2.14 bits per heavy atom. The van der Waals surface area contributed by atoms with Crippen LogP contribution in [-0.4, -0.2) is 14.8 Å². The van der Waals surface area contributed by atoms with Crippen molar-refractivity contribution < 1.29 is 0 Å². The van der Waals surface area contributed by atoms with Gasteiger partial charge in [-0.1, -0.05) is 6.92 Å². The standard InChI is InChI=1S/C10H18N4/c1-8-3-5-10(11,6-4-8)9-13-12-7-14(9)2/h7-8H,3-6,11H2,1-2H3. The summed E-state index contributed by atoms with van der Waals surface area (Å²) in [7, 11) is 1.96. The van der Waals surface area contributed by atoms with Crippen molar-refractivity contribution in [3.63, 3.8) is 0 Å². The second-order valence-electron chi connectivity index (χ2n) is 4.60. The van der Waals surface area contributed by atoms with Crippen LogP contribution in [0.1, 0.15) is 38.4 Å². The van der Waals surface area contributed by atoms with E-state index in [4.69, 9.17) is 5.73 Å². The maximum Gasteiger partial charge on any atom is 0.152 e. The van der Waals surface area contributed by atoms with Crippen LogP contribution in [0.3, 0.4) is 0 Å². The molecule has 1 fully saturated rings. The summed E-state index contributed by atoms with van der Waals surface area (Å²) in [5.74, 6) is 1.74. The molecule has 1 aliphatic carbocycles. The Morgan fingerprint density at radius 3 is 2.64 bits per heavy atom. The van der Waals surface area contributed by atoms with Gasteiger partial charge in [0.15, 0.2) is 5.82 Å². The Kier molecular flexibility index (Phi) is 2.31. The van der Waals surface area contributed by atoms with E-state index in [-0.39, 0.29) is 5.54 Å². The SMILES string of the molecule is CC1CCC(N)(c2nncn2C)CC1. The van der Waals surface area contributed by atoms with Crippen molar-refractivity contribution in [2.75, 3.05) is 0 Å². The highest BCUT2D eigenvalue weighted by atomic mass is 15.3. The van der Waals surface area contributed by atoms with Crippen molar-refractivity contribution >= 4 is 0 Å². The van der Waals surface area contributed by atoms with E-state index in [0.29, 0.717) is 0 Å². The van der Waals surface area contributed by atoms with Crippen LogP contribution >= 0.6 is 0 Å². The van der Waals surface area contributed by atoms with Crippen LogP contribution in [0.4, 0.5) is 0 Å². The van der Waals surface area contributed by atoms with Gasteiger partial charge in [0.25, 0.3) is 0 Å². The molecule has 0 unspecified atom stereocenters. The van der Waals surface area contributed by atoms with Crippen molar-refractivity contribution in [1.29, 1.82) is 0 Å². The molecule has 0 radical (unpaired) electrons. The van der Waals surface area contributed by atoms with Crippen LogP contribution in [0.5, 0.6) is 0 Å². The second-order valence-corrected chi connectivity index (χ2v) is 4.60. The molecule has 0 spiro atoms. The fraction of sp³-hybridized carbons (Fsp3) is 0.800. The molecule has 0 bridgehead atoms. The molecular weight excluding hydrogens is 176 g/mol. The third-order valence-electron chi connectivity index (χ3n) is 3.32. The lowest BCUT2D eigenvalue weighted by Gasteiger charge is -2.34. The summed E-state index contributed by atoms with van der Waals surface area (Å²) in [6.45, 7) is 2.29. The molecule has 2 N–H and O–H groups in total. The van der Waals surface area contributed by atoms with E-state index < -0.39 is 0 Å². The zero-order valence-electron chi connectivity index (χ0n) is 8.90. The summed E-state index contributed by atoms with van der Waals surface area (Å²) in [6, 6.07) is 0. The van der Waals surface area contributed by atoms with Gasteiger partial charge in [-0.2, -0.15) is 0 Å². The van der Waals surface area contributed by atoms with Gasteiger partial charge < -0.3 is 10.3 Å². The molecule has 4 heteroatoms. The summed E-state index contributed by atoms with van der Waals surface area (Å²) in [5.41, 5.74) is 6.13. The first kappa shape index (κ1) is 9.65. The van der Waals surface area contributed by atoms with Crippen LogP contribution < -0.4 is 5.73 Å². The van der Waals surface area contributed by atoms with Crippen molar-refractivity contribution in [1.82, 2.24) is 14.8 Å². The fourth-order valence-corrected chi connectivity index (χ4v) is 2.23. The smallest absolute Gasteiger partial charge is 0.152 e. The van der Waals surface area contributed by atoms with E-state index in [1.165, 1.54) is 12.8 Å². The summed E-state index contributed by atoms with van der Waals surface area (Å²) in [6.07, 6.45) is 6.18. The van der Waals surface area contributed by atoms with Crippen molar-refractivity contribution in [2.24, 2.45) is 18.7 Å². The van der Waals surface area contributed by atoms with Gasteiger partial charge in [-0.05, 0) is 31.6 Å². The molecule has 0 aromatic carbocycles. The van der Waals surface area contributed by atoms with Crippen molar-refractivity contribution in [3.8, 4) is 0 Å². The van der Waals surface area contributed by atoms with E-state index >= 15 is 0 Å². The number of hydrogen-bond donors (Lipinski definition) is 1. The highest BCUT2D eigenvalue weighted by molar-refractivity contribution is 5.06. The summed E-state index contributed by atoms with van der Waals surface area (Å²) in [5, 5.41) is 8.02. The van der Waals surface area contributed by atoms with E-state index in [9.17, 15) is 0 Å². The predicted molar refractivity (Wildman–Crippen MR) is 54.5 cm³/mol. The number of aryl methyl sites for hydroxylation is 1. The second kappa shape index (κ2) is 3.35. The lowest BCUT2D eigenvalue weighted by atomic mass is 9.77. The minimum absolute atomic E-state index is 0.238. The molecule has 2 rings (SSSR count). The zero-order valence-corrected chi connectivity index (χ0v) is 8.90. The third-order valence-corrected chi connectivity index (χ3v) is 3.32. The number of aromatic nitrogens is 3. The Labute approximate surface area is 84.5 Å². The molecule has 0 atom stereocenters. The molecule has 78 valence electrons. The quantitative estimate of drug-likeness (QED) is 0.730. The lowest BCUT2D eigenvalue weighted by molar-refractivity contribution is 0.232. The molecule has 1 aromatic heterocycles. The number of rotatable bonds is 1. The predicted octanol–water partition coefficient (Wildman–Crippen LogP) is 1.18. The molecule has 1 heterocycles. The Morgan fingerprint density at radius 1 is 1.50 bits per heavy atom. The molecule has 0 saturated heterocycles. The summed E-state index contributed by atoms with van der Waals surface area (Å²) in [4.78, 5) is 0. The maximum absolute atomic E-state index is 6.36. The number of nitrogens with zero attached hydrogens (tertiary/aromatic N) is 3. The average Bonchev–Trinajstić information content (AvgIpc) is 2.58. The van der Waals surface area contributed by atoms with Crippen LogP contribution in [0.15, 0.2) is 6.33 Å². The van der Waals surface area contributed by atoms with E-state index in [1.807, 2.05) is 11.6 Å². The Bertz CT molecular complexity index is 310. The molecule has 14 heavy (non-hydrogen) atoms. The fourth-order valence-electron chi connectivity index (χ4n) is 2.23. The molecule has 1 saturated carbocycles. The lowest BCUT2D eigenvalue weighted by Crippen LogP contribution is -2.42. The van der Waals surface area contributed by atoms with Gasteiger partial charge >= 0.3 is 0 Å². The van der Waals surface area contributed by atoms with Crippen molar-refractivity contribution in [2.45, 2.75) is 38.1 Å². The highest BCUT2D eigenvalue weighted by Gasteiger charge is 2.35. The molecular formula is C10H18N4. The number of nitrogens with two attached hydrogens (primary N) is 1. The molecule has 0 amide bonds. The number of hydrogen-bond acceptors (Lipinski definition) is 3. The van der Waals surface area contributed by atoms with Crippen LogP contribution in [-0.2, 0) is 12.6 Å². The van der Waals surface area contributed by atoms with Gasteiger partial charge in [0.1, 0.15) is 6.33 Å². The normalized spacial score (nSPS) is 33.2. The van der Waals surface area contributed by atoms with Gasteiger partial charge in [-0.15, -0.1) is 10.2 Å². The van der Waals surface area contributed by atoms with Crippen LogP contribution in [0, 0.1) is 5.92 Å². The zero-order chi connectivity index (χ0) is 10.2. The van der Waals surface area contributed by atoms with E-state index in [2.05, 4.69) is 17.1 Å². The first-order valence-corrected chi connectivity index (χ1v) is 5.25. The van der Waals surface area contributed by atoms with Crippen molar-refractivity contribution in [3.05, 3.63) is 12.2 Å². The largest absolute Gasteiger partial charge is 0.319 e. The first-order valence-electron chi connectivity index (χ1n) is 5.25. The summed E-state index contributed by atoms with van der Waals surface area (Å²) < 4.78 is 1.94. The third kappa shape index (κ3) is 1.54. The van der Waals surface area contributed by atoms with Gasteiger partial charge in [0.2, 0.25) is 0 Å². The van der Waals surface area contributed by atoms with Crippen LogP contribution in [0.2, 0.25) is 0 Å². The minimum Gasteiger partial charge on any atom is -0.319 e. The van der Waals surface area contributed by atoms with Gasteiger partial charge in [0.05, 0.1) is 5.54 Å². The van der Waals surface area contributed by atoms with Gasteiger partial charge in [-0.3, -0.25) is 0 Å². The monoisotopic (exact) mass is 194 g/mol. The van der Waals surface area contributed by atoms with Gasteiger partial charge in [-0.25, -0.2) is 0 Å². The van der Waals surface area contributed by atoms with Gasteiger partial charge in [0, 0.05) is 7.05 Å². The van der Waals surface area contributed by atoms with E-state index in [1.54, 1.807) is 6.33 Å². The average molecular weight is 194 g/mol. The molecule has 0 aliphatic heterocycles. The minimum atomic E-state index is -0.238. The highest BCUT2D eigenvalue weighted by Crippen LogP contribution is 2.35. The van der Waals surface area contributed by atoms with Crippen LogP contribution in [0.25, 0.3) is 0 Å². The summed E-state index contributed by atoms with van der Waals surface area (Å²) >= 11 is 0.